The number of rotatable bonds is 4. The van der Waals surface area contributed by atoms with E-state index in [1.165, 1.54) is 18.4 Å². The maximum atomic E-state index is 10.4. The number of hydrogen-bond donors (Lipinski definition) is 4. The molecule has 0 bridgehead atoms. The zero-order valence-corrected chi connectivity index (χ0v) is 14.6. The maximum Gasteiger partial charge on any atom is 0.228 e. The van der Waals surface area contributed by atoms with E-state index in [9.17, 15) is 15.3 Å². The summed E-state index contributed by atoms with van der Waals surface area (Å²) in [5.74, 6) is 0.319. The molecule has 0 unspecified atom stereocenters. The molecule has 0 radical (unpaired) electrons. The van der Waals surface area contributed by atoms with E-state index in [1.807, 2.05) is 17.5 Å². The van der Waals surface area contributed by atoms with Gasteiger partial charge in [0.05, 0.1) is 19.1 Å². The van der Waals surface area contributed by atoms with E-state index in [0.717, 1.165) is 10.4 Å². The summed E-state index contributed by atoms with van der Waals surface area (Å²) in [7, 11) is 1.49. The molecule has 26 heavy (non-hydrogen) atoms. The fourth-order valence-electron chi connectivity index (χ4n) is 3.20. The molecule has 0 spiro atoms. The van der Waals surface area contributed by atoms with Gasteiger partial charge in [0.1, 0.15) is 18.3 Å². The minimum Gasteiger partial charge on any atom is -0.480 e. The summed E-state index contributed by atoms with van der Waals surface area (Å²) >= 11 is 1.53. The lowest BCUT2D eigenvalue weighted by molar-refractivity contribution is -0.0508. The fourth-order valence-corrected chi connectivity index (χ4v) is 3.95. The highest BCUT2D eigenvalue weighted by atomic mass is 32.1. The lowest BCUT2D eigenvalue weighted by Gasteiger charge is -2.17. The molecule has 9 nitrogen and oxygen atoms in total. The standard InChI is InChI=1S/C16H18N4O5S/c1-24-14-10-7(9-3-2-4-26-9)5-20(13(10)18-16(17)19-14)15-12(23)11(22)8(6-21)25-15/h2-5,8,11-12,15,21-23H,6H2,1H3,(H2,17,18,19)/t8-,11-,12-,15-/m1/s1. The Morgan fingerprint density at radius 1 is 1.35 bits per heavy atom. The van der Waals surface area contributed by atoms with Gasteiger partial charge >= 0.3 is 0 Å². The van der Waals surface area contributed by atoms with Crippen LogP contribution in [0.3, 0.4) is 0 Å². The number of thiophene rings is 1. The van der Waals surface area contributed by atoms with Crippen LogP contribution in [0.5, 0.6) is 5.88 Å². The summed E-state index contributed by atoms with van der Waals surface area (Å²) in [6, 6.07) is 3.86. The first kappa shape index (κ1) is 17.2. The second kappa shape index (κ2) is 6.49. The van der Waals surface area contributed by atoms with Crippen LogP contribution in [0.25, 0.3) is 21.5 Å². The molecule has 3 aromatic heterocycles. The Labute approximate surface area is 152 Å². The Bertz CT molecular complexity index is 929. The number of nitrogen functional groups attached to an aromatic ring is 1. The van der Waals surface area contributed by atoms with Gasteiger partial charge in [-0.2, -0.15) is 9.97 Å². The van der Waals surface area contributed by atoms with Crippen LogP contribution in [0.1, 0.15) is 6.23 Å². The zero-order valence-electron chi connectivity index (χ0n) is 13.8. The number of nitrogens with two attached hydrogens (primary N) is 1. The van der Waals surface area contributed by atoms with Crippen molar-refractivity contribution in [1.82, 2.24) is 14.5 Å². The Balaban J connectivity index is 1.95. The van der Waals surface area contributed by atoms with Gasteiger partial charge in [0.25, 0.3) is 0 Å². The molecule has 1 fully saturated rings. The molecule has 4 heterocycles. The summed E-state index contributed by atoms with van der Waals surface area (Å²) in [6.07, 6.45) is -2.51. The molecule has 3 aromatic rings. The number of anilines is 1. The lowest BCUT2D eigenvalue weighted by atomic mass is 10.1. The van der Waals surface area contributed by atoms with Gasteiger partial charge < -0.3 is 35.1 Å². The van der Waals surface area contributed by atoms with Crippen LogP contribution >= 0.6 is 11.3 Å². The molecule has 4 rings (SSSR count). The highest BCUT2D eigenvalue weighted by Crippen LogP contribution is 2.41. The van der Waals surface area contributed by atoms with E-state index >= 15 is 0 Å². The fraction of sp³-hybridized carbons (Fsp3) is 0.375. The molecule has 4 atom stereocenters. The van der Waals surface area contributed by atoms with Crippen molar-refractivity contribution in [2.24, 2.45) is 0 Å². The SMILES string of the molecule is COc1nc(N)nc2c1c(-c1cccs1)cn2[C@@H]1O[C@H](CO)[C@@H](O)[C@H]1O. The van der Waals surface area contributed by atoms with Gasteiger partial charge in [0, 0.05) is 16.6 Å². The van der Waals surface area contributed by atoms with Crippen LogP contribution < -0.4 is 10.5 Å². The first-order valence-electron chi connectivity index (χ1n) is 7.93. The third kappa shape index (κ3) is 2.54. The van der Waals surface area contributed by atoms with E-state index < -0.39 is 31.1 Å². The van der Waals surface area contributed by atoms with Crippen LogP contribution in [-0.4, -0.2) is 61.9 Å². The number of aliphatic hydroxyl groups is 3. The average Bonchev–Trinajstić information content (AvgIpc) is 3.34. The Hall–Kier alpha value is -2.24. The van der Waals surface area contributed by atoms with Gasteiger partial charge in [-0.25, -0.2) is 0 Å². The third-order valence-electron chi connectivity index (χ3n) is 4.43. The number of aromatic nitrogens is 3. The molecule has 0 saturated carbocycles. The van der Waals surface area contributed by atoms with Gasteiger partial charge in [0.15, 0.2) is 11.9 Å². The Morgan fingerprint density at radius 3 is 2.77 bits per heavy atom. The number of methoxy groups -OCH3 is 1. The quantitative estimate of drug-likeness (QED) is 0.511. The van der Waals surface area contributed by atoms with Crippen molar-refractivity contribution in [3.05, 3.63) is 23.7 Å². The number of aliphatic hydroxyl groups excluding tert-OH is 3. The van der Waals surface area contributed by atoms with E-state index in [2.05, 4.69) is 9.97 Å². The van der Waals surface area contributed by atoms with E-state index in [1.54, 1.807) is 10.8 Å². The van der Waals surface area contributed by atoms with Crippen molar-refractivity contribution >= 4 is 28.3 Å². The largest absolute Gasteiger partial charge is 0.480 e. The average molecular weight is 378 g/mol. The molecule has 1 aliphatic rings. The van der Waals surface area contributed by atoms with Crippen molar-refractivity contribution < 1.29 is 24.8 Å². The molecule has 1 aliphatic heterocycles. The number of nitrogens with zero attached hydrogens (tertiary/aromatic N) is 3. The topological polar surface area (TPSA) is 136 Å². The van der Waals surface area contributed by atoms with Gasteiger partial charge in [-0.05, 0) is 11.4 Å². The third-order valence-corrected chi connectivity index (χ3v) is 5.33. The molecule has 5 N–H and O–H groups in total. The van der Waals surface area contributed by atoms with Gasteiger partial charge in [0.2, 0.25) is 11.8 Å². The molecule has 0 aliphatic carbocycles. The van der Waals surface area contributed by atoms with Crippen LogP contribution in [0.15, 0.2) is 23.7 Å². The van der Waals surface area contributed by atoms with E-state index in [0.29, 0.717) is 16.9 Å². The van der Waals surface area contributed by atoms with E-state index in [-0.39, 0.29) is 5.95 Å². The van der Waals surface area contributed by atoms with Crippen LogP contribution in [0, 0.1) is 0 Å². The smallest absolute Gasteiger partial charge is 0.228 e. The molecule has 0 amide bonds. The second-order valence-corrected chi connectivity index (χ2v) is 6.89. The molecule has 138 valence electrons. The molecular weight excluding hydrogens is 360 g/mol. The van der Waals surface area contributed by atoms with Crippen molar-refractivity contribution in [2.45, 2.75) is 24.5 Å². The Kier molecular flexibility index (Phi) is 4.29. The molecule has 10 heteroatoms. The predicted octanol–water partition coefficient (Wildman–Crippen LogP) is 0.362. The number of hydrogen-bond acceptors (Lipinski definition) is 9. The van der Waals surface area contributed by atoms with Gasteiger partial charge in [-0.1, -0.05) is 6.07 Å². The summed E-state index contributed by atoms with van der Waals surface area (Å²) in [4.78, 5) is 9.38. The van der Waals surface area contributed by atoms with Crippen molar-refractivity contribution in [1.29, 1.82) is 0 Å². The lowest BCUT2D eigenvalue weighted by Crippen LogP contribution is -2.33. The normalized spacial score (nSPS) is 25.8. The summed E-state index contributed by atoms with van der Waals surface area (Å²) in [6.45, 7) is -0.411. The highest BCUT2D eigenvalue weighted by molar-refractivity contribution is 7.13. The number of ether oxygens (including phenoxy) is 2. The molecular formula is C16H18N4O5S. The highest BCUT2D eigenvalue weighted by Gasteiger charge is 2.44. The number of fused-ring (bicyclic) bond motifs is 1. The van der Waals surface area contributed by atoms with Crippen molar-refractivity contribution in [3.63, 3.8) is 0 Å². The van der Waals surface area contributed by atoms with Gasteiger partial charge in [-0.3, -0.25) is 0 Å². The van der Waals surface area contributed by atoms with E-state index in [4.69, 9.17) is 15.2 Å². The minimum absolute atomic E-state index is 0.0122. The van der Waals surface area contributed by atoms with Crippen LogP contribution in [0.4, 0.5) is 5.95 Å². The first-order valence-corrected chi connectivity index (χ1v) is 8.81. The van der Waals surface area contributed by atoms with Crippen molar-refractivity contribution in [2.75, 3.05) is 19.5 Å². The van der Waals surface area contributed by atoms with Gasteiger partial charge in [-0.15, -0.1) is 11.3 Å². The summed E-state index contributed by atoms with van der Waals surface area (Å²) in [5.41, 5.74) is 7.01. The maximum absolute atomic E-state index is 10.4. The van der Waals surface area contributed by atoms with Crippen LogP contribution in [0.2, 0.25) is 0 Å². The molecule has 1 saturated heterocycles. The minimum atomic E-state index is -1.24. The monoisotopic (exact) mass is 378 g/mol. The predicted molar refractivity (Wildman–Crippen MR) is 94.8 cm³/mol. The first-order chi connectivity index (χ1) is 12.5. The Morgan fingerprint density at radius 2 is 2.15 bits per heavy atom. The van der Waals surface area contributed by atoms with Crippen molar-refractivity contribution in [3.8, 4) is 16.3 Å². The summed E-state index contributed by atoms with van der Waals surface area (Å²) in [5, 5.41) is 32.4. The van der Waals surface area contributed by atoms with Crippen LogP contribution in [-0.2, 0) is 4.74 Å². The molecule has 0 aromatic carbocycles. The summed E-state index contributed by atoms with van der Waals surface area (Å²) < 4.78 is 12.6. The second-order valence-electron chi connectivity index (χ2n) is 5.95. The zero-order chi connectivity index (χ0) is 18.4.